The van der Waals surface area contributed by atoms with Crippen LogP contribution in [0.4, 0.5) is 10.5 Å². The summed E-state index contributed by atoms with van der Waals surface area (Å²) in [6, 6.07) is 14.7. The third-order valence-corrected chi connectivity index (χ3v) is 5.60. The van der Waals surface area contributed by atoms with E-state index in [2.05, 4.69) is 10.6 Å². The Bertz CT molecular complexity index is 892. The zero-order valence-corrected chi connectivity index (χ0v) is 17.5. The molecule has 0 spiro atoms. The van der Waals surface area contributed by atoms with Gasteiger partial charge in [-0.15, -0.1) is 12.4 Å². The molecule has 0 saturated carbocycles. The number of nitrogens with zero attached hydrogens (tertiary/aromatic N) is 2. The zero-order valence-electron chi connectivity index (χ0n) is 15.9. The van der Waals surface area contributed by atoms with Crippen molar-refractivity contribution in [1.82, 2.24) is 15.5 Å². The Morgan fingerprint density at radius 2 is 1.90 bits per heavy atom. The second kappa shape index (κ2) is 9.48. The summed E-state index contributed by atoms with van der Waals surface area (Å²) in [5.41, 5.74) is 2.26. The maximum absolute atomic E-state index is 13.3. The normalized spacial score (nSPS) is 19.3. The van der Waals surface area contributed by atoms with Crippen LogP contribution < -0.4 is 15.5 Å². The molecule has 3 amide bonds. The van der Waals surface area contributed by atoms with Gasteiger partial charge < -0.3 is 15.5 Å². The number of urea groups is 1. The lowest BCUT2D eigenvalue weighted by Gasteiger charge is -2.37. The van der Waals surface area contributed by atoms with Gasteiger partial charge in [0.15, 0.2) is 0 Å². The molecule has 0 aromatic heterocycles. The first kappa shape index (κ1) is 21.4. The summed E-state index contributed by atoms with van der Waals surface area (Å²) in [5.74, 6) is -0.0503. The third-order valence-electron chi connectivity index (χ3n) is 5.25. The smallest absolute Gasteiger partial charge is 0.321 e. The van der Waals surface area contributed by atoms with E-state index in [4.69, 9.17) is 11.6 Å². The van der Waals surface area contributed by atoms with Crippen molar-refractivity contribution in [3.05, 3.63) is 64.7 Å². The number of hydrogen-bond acceptors (Lipinski definition) is 3. The molecule has 29 heavy (non-hydrogen) atoms. The van der Waals surface area contributed by atoms with Gasteiger partial charge in [-0.1, -0.05) is 35.9 Å². The van der Waals surface area contributed by atoms with E-state index in [9.17, 15) is 9.59 Å². The fourth-order valence-electron chi connectivity index (χ4n) is 3.82. The highest BCUT2D eigenvalue weighted by molar-refractivity contribution is 6.31. The van der Waals surface area contributed by atoms with E-state index < -0.39 is 0 Å². The molecule has 0 aliphatic carbocycles. The van der Waals surface area contributed by atoms with Crippen LogP contribution in [-0.2, 0) is 0 Å². The maximum Gasteiger partial charge on any atom is 0.321 e. The van der Waals surface area contributed by atoms with Crippen LogP contribution in [0, 0.1) is 0 Å². The second-order valence-electron chi connectivity index (χ2n) is 7.03. The van der Waals surface area contributed by atoms with Gasteiger partial charge in [0.25, 0.3) is 5.91 Å². The second-order valence-corrected chi connectivity index (χ2v) is 7.43. The summed E-state index contributed by atoms with van der Waals surface area (Å²) < 4.78 is 0. The van der Waals surface area contributed by atoms with Crippen LogP contribution >= 0.6 is 24.0 Å². The van der Waals surface area contributed by atoms with E-state index in [1.807, 2.05) is 41.3 Å². The highest BCUT2D eigenvalue weighted by atomic mass is 35.5. The Balaban J connectivity index is 0.00000240. The highest BCUT2D eigenvalue weighted by Gasteiger charge is 2.30. The van der Waals surface area contributed by atoms with Crippen molar-refractivity contribution in [2.75, 3.05) is 37.6 Å². The van der Waals surface area contributed by atoms with Gasteiger partial charge in [0.2, 0.25) is 0 Å². The lowest BCUT2D eigenvalue weighted by molar-refractivity contribution is 0.0634. The molecule has 2 N–H and O–H groups in total. The standard InChI is InChI=1S/C21H23ClN4O2.ClH/c22-18-8-2-1-7-17(18)19-14-23-10-12-26(19)20(27)15-5-3-6-16(13-15)25-11-4-9-24-21(25)28;/h1-3,5-8,13,19,23H,4,9-12,14H2,(H,24,28);1H. The summed E-state index contributed by atoms with van der Waals surface area (Å²) in [6.45, 7) is 3.33. The van der Waals surface area contributed by atoms with E-state index in [0.717, 1.165) is 24.2 Å². The van der Waals surface area contributed by atoms with E-state index in [-0.39, 0.29) is 30.4 Å². The van der Waals surface area contributed by atoms with Crippen LogP contribution in [0.1, 0.15) is 28.4 Å². The van der Waals surface area contributed by atoms with Crippen molar-refractivity contribution in [3.8, 4) is 0 Å². The van der Waals surface area contributed by atoms with Gasteiger partial charge in [-0.25, -0.2) is 4.79 Å². The first-order valence-corrected chi connectivity index (χ1v) is 9.94. The number of benzene rings is 2. The van der Waals surface area contributed by atoms with Crippen LogP contribution in [0.15, 0.2) is 48.5 Å². The molecule has 1 atom stereocenters. The fourth-order valence-corrected chi connectivity index (χ4v) is 4.08. The summed E-state index contributed by atoms with van der Waals surface area (Å²) >= 11 is 6.40. The van der Waals surface area contributed by atoms with Crippen LogP contribution in [0.25, 0.3) is 0 Å². The Hall–Kier alpha value is -2.28. The lowest BCUT2D eigenvalue weighted by atomic mass is 10.0. The Morgan fingerprint density at radius 1 is 1.07 bits per heavy atom. The van der Waals surface area contributed by atoms with Gasteiger partial charge in [0.1, 0.15) is 0 Å². The van der Waals surface area contributed by atoms with Gasteiger partial charge in [-0.2, -0.15) is 0 Å². The van der Waals surface area contributed by atoms with Gasteiger partial charge in [-0.3, -0.25) is 9.69 Å². The van der Waals surface area contributed by atoms with E-state index in [1.165, 1.54) is 0 Å². The largest absolute Gasteiger partial charge is 0.338 e. The topological polar surface area (TPSA) is 64.7 Å². The van der Waals surface area contributed by atoms with Crippen LogP contribution in [0.5, 0.6) is 0 Å². The van der Waals surface area contributed by atoms with Crippen molar-refractivity contribution in [1.29, 1.82) is 0 Å². The Kier molecular flexibility index (Phi) is 7.00. The molecule has 0 radical (unpaired) electrons. The van der Waals surface area contributed by atoms with Crippen molar-refractivity contribution < 1.29 is 9.59 Å². The first-order chi connectivity index (χ1) is 13.6. The quantitative estimate of drug-likeness (QED) is 0.776. The molecule has 1 unspecified atom stereocenters. The molecule has 2 aliphatic heterocycles. The van der Waals surface area contributed by atoms with Crippen LogP contribution in [0.3, 0.4) is 0 Å². The maximum atomic E-state index is 13.3. The Morgan fingerprint density at radius 3 is 2.69 bits per heavy atom. The van der Waals surface area contributed by atoms with Gasteiger partial charge >= 0.3 is 6.03 Å². The van der Waals surface area contributed by atoms with E-state index >= 15 is 0 Å². The van der Waals surface area contributed by atoms with Crippen molar-refractivity contribution in [2.45, 2.75) is 12.5 Å². The van der Waals surface area contributed by atoms with Crippen LogP contribution in [0.2, 0.25) is 5.02 Å². The number of rotatable bonds is 3. The number of amides is 3. The number of carbonyl (C=O) groups is 2. The first-order valence-electron chi connectivity index (χ1n) is 9.57. The third kappa shape index (κ3) is 4.50. The molecule has 4 rings (SSSR count). The summed E-state index contributed by atoms with van der Waals surface area (Å²) in [4.78, 5) is 29.0. The lowest BCUT2D eigenvalue weighted by Crippen LogP contribution is -2.49. The molecular weight excluding hydrogens is 411 g/mol. The van der Waals surface area contributed by atoms with Gasteiger partial charge in [0.05, 0.1) is 6.04 Å². The molecule has 2 saturated heterocycles. The molecule has 6 nitrogen and oxygen atoms in total. The van der Waals surface area contributed by atoms with Crippen molar-refractivity contribution >= 4 is 41.6 Å². The molecule has 2 heterocycles. The van der Waals surface area contributed by atoms with Gasteiger partial charge in [0, 0.05) is 49.0 Å². The number of halogens is 2. The summed E-state index contributed by atoms with van der Waals surface area (Å²) in [6.07, 6.45) is 0.885. The van der Waals surface area contributed by atoms with E-state index in [0.29, 0.717) is 36.8 Å². The molecule has 0 bridgehead atoms. The molecule has 2 aromatic rings. The predicted octanol–water partition coefficient (Wildman–Crippen LogP) is 3.47. The number of anilines is 1. The zero-order chi connectivity index (χ0) is 19.5. The predicted molar refractivity (Wildman–Crippen MR) is 117 cm³/mol. The van der Waals surface area contributed by atoms with Gasteiger partial charge in [-0.05, 0) is 36.2 Å². The molecule has 154 valence electrons. The number of carbonyl (C=O) groups excluding carboxylic acids is 2. The average Bonchev–Trinajstić information content (AvgIpc) is 2.74. The SMILES string of the molecule is Cl.O=C1NCCCN1c1cccc(C(=O)N2CCNCC2c2ccccc2Cl)c1. The van der Waals surface area contributed by atoms with Crippen molar-refractivity contribution in [2.24, 2.45) is 0 Å². The Labute approximate surface area is 181 Å². The minimum Gasteiger partial charge on any atom is -0.338 e. The monoisotopic (exact) mass is 434 g/mol. The van der Waals surface area contributed by atoms with Crippen LogP contribution in [-0.4, -0.2) is 49.6 Å². The minimum atomic E-state index is -0.128. The number of nitrogens with one attached hydrogen (secondary N) is 2. The molecule has 8 heteroatoms. The molecular formula is C21H24Cl2N4O2. The number of hydrogen-bond donors (Lipinski definition) is 2. The fraction of sp³-hybridized carbons (Fsp3) is 0.333. The summed E-state index contributed by atoms with van der Waals surface area (Å²) in [7, 11) is 0. The molecule has 2 aromatic carbocycles. The highest BCUT2D eigenvalue weighted by Crippen LogP contribution is 2.30. The van der Waals surface area contributed by atoms with Crippen molar-refractivity contribution in [3.63, 3.8) is 0 Å². The number of piperazine rings is 1. The summed E-state index contributed by atoms with van der Waals surface area (Å²) in [5, 5.41) is 6.86. The molecule has 2 aliphatic rings. The van der Waals surface area contributed by atoms with E-state index in [1.54, 1.807) is 17.0 Å². The molecule has 2 fully saturated rings. The average molecular weight is 435 g/mol. The minimum absolute atomic E-state index is 0.